The Morgan fingerprint density at radius 2 is 2.15 bits per heavy atom. The predicted molar refractivity (Wildman–Crippen MR) is 52.8 cm³/mol. The summed E-state index contributed by atoms with van der Waals surface area (Å²) in [7, 11) is 0. The Labute approximate surface area is 78.6 Å². The molecule has 0 aromatic heterocycles. The molecule has 13 heavy (non-hydrogen) atoms. The molecule has 0 saturated carbocycles. The van der Waals surface area contributed by atoms with Crippen molar-refractivity contribution in [3.8, 4) is 0 Å². The molecule has 0 saturated heterocycles. The van der Waals surface area contributed by atoms with E-state index >= 15 is 0 Å². The van der Waals surface area contributed by atoms with Crippen LogP contribution in [0, 0.1) is 5.41 Å². The fourth-order valence-electron chi connectivity index (χ4n) is 0.964. The zero-order valence-corrected chi connectivity index (χ0v) is 8.18. The average molecular weight is 186 g/mol. The Morgan fingerprint density at radius 1 is 1.54 bits per heavy atom. The molecule has 0 aromatic rings. The Balaban J connectivity index is 3.94. The Bertz CT molecular complexity index is 181. The fraction of sp³-hybridized carbons (Fsp3) is 0.750. The van der Waals surface area contributed by atoms with Crippen molar-refractivity contribution < 1.29 is 4.79 Å². The quantitative estimate of drug-likeness (QED) is 0.370. The number of hydrogen-bond acceptors (Lipinski definition) is 2. The van der Waals surface area contributed by atoms with Crippen LogP contribution in [0.1, 0.15) is 26.7 Å². The first-order valence-electron chi connectivity index (χ1n) is 4.50. The maximum absolute atomic E-state index is 11.1. The predicted octanol–water partition coefficient (Wildman–Crippen LogP) is 0.410. The second kappa shape index (κ2) is 6.28. The summed E-state index contributed by atoms with van der Waals surface area (Å²) in [6.45, 7) is 4.39. The Hall–Kier alpha value is -1.26. The van der Waals surface area contributed by atoms with Gasteiger partial charge in [-0.15, -0.1) is 0 Å². The van der Waals surface area contributed by atoms with Crippen LogP contribution in [0.25, 0.3) is 0 Å². The molecule has 0 fully saturated rings. The van der Waals surface area contributed by atoms with E-state index in [0.29, 0.717) is 13.0 Å². The van der Waals surface area contributed by atoms with Gasteiger partial charge in [0.25, 0.3) is 0 Å². The molecule has 0 aliphatic carbocycles. The van der Waals surface area contributed by atoms with Crippen molar-refractivity contribution in [2.75, 3.05) is 6.54 Å². The van der Waals surface area contributed by atoms with Crippen molar-refractivity contribution in [2.24, 2.45) is 5.73 Å². The molecule has 0 aliphatic rings. The van der Waals surface area contributed by atoms with Gasteiger partial charge in [0.05, 0.1) is 6.04 Å². The molecule has 0 aromatic carbocycles. The van der Waals surface area contributed by atoms with Crippen LogP contribution in [-0.4, -0.2) is 24.5 Å². The van der Waals surface area contributed by atoms with E-state index < -0.39 is 0 Å². The van der Waals surface area contributed by atoms with Gasteiger partial charge in [0.2, 0.25) is 0 Å². The second-order valence-electron chi connectivity index (χ2n) is 2.80. The first kappa shape index (κ1) is 11.7. The molecule has 0 heterocycles. The summed E-state index contributed by atoms with van der Waals surface area (Å²) in [5, 5.41) is 12.4. The first-order chi connectivity index (χ1) is 6.11. The van der Waals surface area contributed by atoms with Crippen LogP contribution in [0.5, 0.6) is 0 Å². The van der Waals surface area contributed by atoms with Crippen molar-refractivity contribution in [2.45, 2.75) is 32.7 Å². The highest BCUT2D eigenvalue weighted by Crippen LogP contribution is 1.95. The molecule has 5 nitrogen and oxygen atoms in total. The summed E-state index contributed by atoms with van der Waals surface area (Å²) in [6, 6.07) is -0.604. The second-order valence-corrected chi connectivity index (χ2v) is 2.80. The minimum atomic E-state index is -0.337. The normalized spacial score (nSPS) is 11.8. The van der Waals surface area contributed by atoms with E-state index in [1.807, 2.05) is 13.8 Å². The topological polar surface area (TPSA) is 91.0 Å². The third-order valence-corrected chi connectivity index (χ3v) is 1.60. The van der Waals surface area contributed by atoms with Crippen LogP contribution in [0.2, 0.25) is 0 Å². The van der Waals surface area contributed by atoms with Crippen LogP contribution >= 0.6 is 0 Å². The molecule has 0 radical (unpaired) electrons. The minimum absolute atomic E-state index is 0.00750. The van der Waals surface area contributed by atoms with Gasteiger partial charge >= 0.3 is 6.03 Å². The zero-order chi connectivity index (χ0) is 10.3. The summed E-state index contributed by atoms with van der Waals surface area (Å²) in [6.07, 6.45) is 1.59. The van der Waals surface area contributed by atoms with Crippen molar-refractivity contribution in [3.63, 3.8) is 0 Å². The van der Waals surface area contributed by atoms with Crippen molar-refractivity contribution in [1.29, 1.82) is 5.41 Å². The van der Waals surface area contributed by atoms with Crippen molar-refractivity contribution in [3.05, 3.63) is 0 Å². The number of amidine groups is 1. The SMILES string of the molecule is CCCC(NC(=O)NCC)C(=N)N. The van der Waals surface area contributed by atoms with E-state index in [1.54, 1.807) is 0 Å². The van der Waals surface area contributed by atoms with Crippen LogP contribution < -0.4 is 16.4 Å². The third kappa shape index (κ3) is 5.05. The fourth-order valence-corrected chi connectivity index (χ4v) is 0.964. The number of nitrogens with two attached hydrogens (primary N) is 1. The lowest BCUT2D eigenvalue weighted by Crippen LogP contribution is -2.48. The molecule has 1 unspecified atom stereocenters. The van der Waals surface area contributed by atoms with Gasteiger partial charge in [0.1, 0.15) is 5.84 Å². The average Bonchev–Trinajstić information content (AvgIpc) is 2.04. The number of urea groups is 1. The van der Waals surface area contributed by atoms with E-state index in [-0.39, 0.29) is 17.9 Å². The summed E-state index contributed by atoms with van der Waals surface area (Å²) < 4.78 is 0. The van der Waals surface area contributed by atoms with E-state index in [9.17, 15) is 4.79 Å². The molecule has 0 aliphatic heterocycles. The van der Waals surface area contributed by atoms with Gasteiger partial charge in [-0.05, 0) is 13.3 Å². The maximum Gasteiger partial charge on any atom is 0.315 e. The van der Waals surface area contributed by atoms with Gasteiger partial charge in [-0.1, -0.05) is 13.3 Å². The van der Waals surface area contributed by atoms with E-state index in [4.69, 9.17) is 11.1 Å². The zero-order valence-electron chi connectivity index (χ0n) is 8.18. The Kier molecular flexibility index (Phi) is 5.67. The number of carbonyl (C=O) groups is 1. The summed E-state index contributed by atoms with van der Waals surface area (Å²) in [5.41, 5.74) is 5.31. The highest BCUT2D eigenvalue weighted by molar-refractivity contribution is 5.87. The highest BCUT2D eigenvalue weighted by atomic mass is 16.2. The van der Waals surface area contributed by atoms with E-state index in [2.05, 4.69) is 10.6 Å². The van der Waals surface area contributed by atoms with Crippen LogP contribution in [0.4, 0.5) is 4.79 Å². The van der Waals surface area contributed by atoms with Crippen LogP contribution in [-0.2, 0) is 0 Å². The van der Waals surface area contributed by atoms with Crippen molar-refractivity contribution >= 4 is 11.9 Å². The number of rotatable bonds is 5. The van der Waals surface area contributed by atoms with Gasteiger partial charge in [-0.25, -0.2) is 4.79 Å². The molecule has 76 valence electrons. The lowest BCUT2D eigenvalue weighted by atomic mass is 10.1. The van der Waals surface area contributed by atoms with Gasteiger partial charge in [0.15, 0.2) is 0 Å². The molecule has 0 bridgehead atoms. The number of hydrogen-bond donors (Lipinski definition) is 4. The molecule has 1 atom stereocenters. The lowest BCUT2D eigenvalue weighted by Gasteiger charge is -2.16. The Morgan fingerprint density at radius 3 is 2.54 bits per heavy atom. The van der Waals surface area contributed by atoms with Gasteiger partial charge in [-0.2, -0.15) is 0 Å². The molecule has 0 rings (SSSR count). The molecular weight excluding hydrogens is 168 g/mol. The maximum atomic E-state index is 11.1. The largest absolute Gasteiger partial charge is 0.386 e. The highest BCUT2D eigenvalue weighted by Gasteiger charge is 2.12. The molecule has 2 amide bonds. The number of nitrogens with one attached hydrogen (secondary N) is 3. The van der Waals surface area contributed by atoms with E-state index in [1.165, 1.54) is 0 Å². The smallest absolute Gasteiger partial charge is 0.315 e. The molecule has 0 spiro atoms. The number of amides is 2. The van der Waals surface area contributed by atoms with E-state index in [0.717, 1.165) is 6.42 Å². The molecule has 5 heteroatoms. The summed E-state index contributed by atoms with van der Waals surface area (Å²) in [4.78, 5) is 11.1. The van der Waals surface area contributed by atoms with Gasteiger partial charge in [-0.3, -0.25) is 5.41 Å². The summed E-state index contributed by atoms with van der Waals surface area (Å²) >= 11 is 0. The van der Waals surface area contributed by atoms with Gasteiger partial charge < -0.3 is 16.4 Å². The molecule has 5 N–H and O–H groups in total. The summed E-state index contributed by atoms with van der Waals surface area (Å²) in [5.74, 6) is 0.00750. The number of carbonyl (C=O) groups excluding carboxylic acids is 1. The first-order valence-corrected chi connectivity index (χ1v) is 4.50. The van der Waals surface area contributed by atoms with Crippen molar-refractivity contribution in [1.82, 2.24) is 10.6 Å². The third-order valence-electron chi connectivity index (χ3n) is 1.60. The van der Waals surface area contributed by atoms with Crippen LogP contribution in [0.3, 0.4) is 0 Å². The monoisotopic (exact) mass is 186 g/mol. The van der Waals surface area contributed by atoms with Gasteiger partial charge in [0, 0.05) is 6.54 Å². The molecular formula is C8H18N4O. The standard InChI is InChI=1S/C8H18N4O/c1-3-5-6(7(9)10)12-8(13)11-4-2/h6H,3-5H2,1-2H3,(H3,9,10)(H2,11,12,13). The lowest BCUT2D eigenvalue weighted by molar-refractivity contribution is 0.239. The van der Waals surface area contributed by atoms with Crippen LogP contribution in [0.15, 0.2) is 0 Å². The minimum Gasteiger partial charge on any atom is -0.386 e.